The highest BCUT2D eigenvalue weighted by Crippen LogP contribution is 2.21. The van der Waals surface area contributed by atoms with Crippen molar-refractivity contribution < 1.29 is 19.8 Å². The van der Waals surface area contributed by atoms with Crippen LogP contribution in [0.2, 0.25) is 5.02 Å². The Morgan fingerprint density at radius 3 is 2.10 bits per heavy atom. The molecule has 5 heteroatoms. The van der Waals surface area contributed by atoms with Crippen molar-refractivity contribution in [3.05, 3.63) is 69.2 Å². The quantitative estimate of drug-likeness (QED) is 0.904. The highest BCUT2D eigenvalue weighted by Gasteiger charge is 2.17. The molecular weight excluding hydrogens is 292 g/mol. The molecule has 0 radical (unpaired) electrons. The van der Waals surface area contributed by atoms with Gasteiger partial charge in [-0.15, -0.1) is 0 Å². The Morgan fingerprint density at radius 2 is 1.57 bits per heavy atom. The summed E-state index contributed by atoms with van der Waals surface area (Å²) in [4.78, 5) is 22.4. The van der Waals surface area contributed by atoms with Crippen molar-refractivity contribution in [2.45, 2.75) is 13.3 Å². The van der Waals surface area contributed by atoms with Crippen LogP contribution >= 0.6 is 11.6 Å². The molecule has 2 aromatic carbocycles. The van der Waals surface area contributed by atoms with Crippen LogP contribution in [0.1, 0.15) is 37.4 Å². The molecular formula is C16H13ClO4. The molecule has 0 fully saturated rings. The van der Waals surface area contributed by atoms with Gasteiger partial charge in [0, 0.05) is 5.02 Å². The van der Waals surface area contributed by atoms with Gasteiger partial charge in [0.2, 0.25) is 0 Å². The third-order valence-corrected chi connectivity index (χ3v) is 3.47. The Balaban J connectivity index is 2.47. The summed E-state index contributed by atoms with van der Waals surface area (Å²) in [5, 5.41) is 19.0. The van der Waals surface area contributed by atoms with Crippen LogP contribution in [0.3, 0.4) is 0 Å². The summed E-state index contributed by atoms with van der Waals surface area (Å²) in [6.45, 7) is 1.65. The maximum absolute atomic E-state index is 11.3. The van der Waals surface area contributed by atoms with Gasteiger partial charge < -0.3 is 10.2 Å². The summed E-state index contributed by atoms with van der Waals surface area (Å²) >= 11 is 5.82. The van der Waals surface area contributed by atoms with Crippen molar-refractivity contribution in [2.75, 3.05) is 0 Å². The summed E-state index contributed by atoms with van der Waals surface area (Å²) in [7, 11) is 0. The van der Waals surface area contributed by atoms with E-state index in [2.05, 4.69) is 0 Å². The molecule has 2 N–H and O–H groups in total. The molecule has 21 heavy (non-hydrogen) atoms. The van der Waals surface area contributed by atoms with Gasteiger partial charge in [-0.05, 0) is 48.2 Å². The highest BCUT2D eigenvalue weighted by atomic mass is 35.5. The zero-order valence-corrected chi connectivity index (χ0v) is 12.0. The number of aromatic carboxylic acids is 2. The molecule has 0 aliphatic carbocycles. The van der Waals surface area contributed by atoms with E-state index in [9.17, 15) is 14.7 Å². The van der Waals surface area contributed by atoms with E-state index in [0.717, 1.165) is 5.56 Å². The van der Waals surface area contributed by atoms with Crippen molar-refractivity contribution in [3.63, 3.8) is 0 Å². The average Bonchev–Trinajstić information content (AvgIpc) is 2.40. The lowest BCUT2D eigenvalue weighted by Crippen LogP contribution is -2.09. The van der Waals surface area contributed by atoms with Crippen molar-refractivity contribution in [2.24, 2.45) is 0 Å². The van der Waals surface area contributed by atoms with Gasteiger partial charge in [0.25, 0.3) is 0 Å². The fourth-order valence-corrected chi connectivity index (χ4v) is 2.29. The van der Waals surface area contributed by atoms with Crippen LogP contribution in [0.4, 0.5) is 0 Å². The molecule has 0 bridgehead atoms. The average molecular weight is 305 g/mol. The number of carboxylic acids is 2. The minimum atomic E-state index is -1.14. The predicted molar refractivity (Wildman–Crippen MR) is 79.4 cm³/mol. The lowest BCUT2D eigenvalue weighted by molar-refractivity contribution is 0.0695. The van der Waals surface area contributed by atoms with Crippen molar-refractivity contribution in [1.29, 1.82) is 0 Å². The summed E-state index contributed by atoms with van der Waals surface area (Å²) in [6.07, 6.45) is 0.402. The smallest absolute Gasteiger partial charge is 0.336 e. The second kappa shape index (κ2) is 5.97. The zero-order valence-electron chi connectivity index (χ0n) is 11.3. The molecule has 0 heterocycles. The summed E-state index contributed by atoms with van der Waals surface area (Å²) < 4.78 is 0. The van der Waals surface area contributed by atoms with E-state index < -0.39 is 11.9 Å². The third kappa shape index (κ3) is 3.41. The van der Waals surface area contributed by atoms with E-state index >= 15 is 0 Å². The minimum absolute atomic E-state index is 0.00672. The lowest BCUT2D eigenvalue weighted by Gasteiger charge is -2.10. The minimum Gasteiger partial charge on any atom is -0.478 e. The van der Waals surface area contributed by atoms with Gasteiger partial charge in [0.1, 0.15) is 0 Å². The fourth-order valence-electron chi connectivity index (χ4n) is 2.17. The Labute approximate surface area is 126 Å². The second-order valence-corrected chi connectivity index (χ2v) is 5.17. The van der Waals surface area contributed by atoms with Crippen LogP contribution in [0.15, 0.2) is 36.4 Å². The second-order valence-electron chi connectivity index (χ2n) is 4.74. The van der Waals surface area contributed by atoms with Crippen molar-refractivity contribution >= 4 is 23.5 Å². The Morgan fingerprint density at radius 1 is 1.00 bits per heavy atom. The first-order valence-corrected chi connectivity index (χ1v) is 6.61. The van der Waals surface area contributed by atoms with Crippen LogP contribution in [-0.4, -0.2) is 22.2 Å². The monoisotopic (exact) mass is 304 g/mol. The Kier molecular flexibility index (Phi) is 4.29. The van der Waals surface area contributed by atoms with Gasteiger partial charge in [0.15, 0.2) is 0 Å². The molecule has 108 valence electrons. The van der Waals surface area contributed by atoms with Crippen LogP contribution < -0.4 is 0 Å². The van der Waals surface area contributed by atoms with Gasteiger partial charge in [-0.25, -0.2) is 9.59 Å². The van der Waals surface area contributed by atoms with Gasteiger partial charge in [0.05, 0.1) is 11.1 Å². The number of benzene rings is 2. The van der Waals surface area contributed by atoms with Crippen LogP contribution in [0, 0.1) is 6.92 Å². The molecule has 4 nitrogen and oxygen atoms in total. The van der Waals surface area contributed by atoms with Crippen LogP contribution in [0.5, 0.6) is 0 Å². The summed E-state index contributed by atoms with van der Waals surface area (Å²) in [5.74, 6) is -2.27. The van der Waals surface area contributed by atoms with Gasteiger partial charge in [-0.1, -0.05) is 29.8 Å². The maximum atomic E-state index is 11.3. The Hall–Kier alpha value is -2.33. The number of carbonyl (C=O) groups is 2. The topological polar surface area (TPSA) is 74.6 Å². The van der Waals surface area contributed by atoms with Crippen molar-refractivity contribution in [1.82, 2.24) is 0 Å². The molecule has 0 unspecified atom stereocenters. The largest absolute Gasteiger partial charge is 0.478 e. The van der Waals surface area contributed by atoms with Crippen molar-refractivity contribution in [3.8, 4) is 0 Å². The van der Waals surface area contributed by atoms with Crippen LogP contribution in [-0.2, 0) is 6.42 Å². The Bertz CT molecular complexity index is 705. The normalized spacial score (nSPS) is 10.4. The lowest BCUT2D eigenvalue weighted by atomic mass is 9.94. The van der Waals surface area contributed by atoms with E-state index in [-0.39, 0.29) is 11.1 Å². The SMILES string of the molecule is Cc1cc(Cc2ccc(Cl)cc2)c(C(=O)O)cc1C(=O)O. The molecule has 2 aromatic rings. The molecule has 0 spiro atoms. The van der Waals surface area contributed by atoms with E-state index in [1.807, 2.05) is 12.1 Å². The first-order chi connectivity index (χ1) is 9.88. The standard InChI is InChI=1S/C16H13ClO4/c1-9-6-11(7-10-2-4-12(17)5-3-10)14(16(20)21)8-13(9)15(18)19/h2-6,8H,7H2,1H3,(H,18,19)(H,20,21). The third-order valence-electron chi connectivity index (χ3n) is 3.22. The zero-order chi connectivity index (χ0) is 15.6. The molecule has 0 amide bonds. The summed E-state index contributed by atoms with van der Waals surface area (Å²) in [6, 6.07) is 9.92. The molecule has 0 atom stereocenters. The number of carboxylic acid groups (broad SMARTS) is 2. The van der Waals surface area contributed by atoms with E-state index in [4.69, 9.17) is 16.7 Å². The van der Waals surface area contributed by atoms with E-state index in [0.29, 0.717) is 22.6 Å². The molecule has 0 saturated carbocycles. The van der Waals surface area contributed by atoms with E-state index in [1.54, 1.807) is 25.1 Å². The molecule has 0 aliphatic heterocycles. The first kappa shape index (κ1) is 15.1. The van der Waals surface area contributed by atoms with Gasteiger partial charge in [-0.3, -0.25) is 0 Å². The number of rotatable bonds is 4. The van der Waals surface area contributed by atoms with Gasteiger partial charge >= 0.3 is 11.9 Å². The molecule has 0 aliphatic rings. The predicted octanol–water partition coefficient (Wildman–Crippen LogP) is 3.64. The first-order valence-electron chi connectivity index (χ1n) is 6.23. The number of halogens is 1. The number of aryl methyl sites for hydroxylation is 1. The van der Waals surface area contributed by atoms with Crippen LogP contribution in [0.25, 0.3) is 0 Å². The van der Waals surface area contributed by atoms with Gasteiger partial charge in [-0.2, -0.15) is 0 Å². The molecule has 0 aromatic heterocycles. The molecule has 2 rings (SSSR count). The maximum Gasteiger partial charge on any atom is 0.336 e. The highest BCUT2D eigenvalue weighted by molar-refractivity contribution is 6.30. The number of hydrogen-bond donors (Lipinski definition) is 2. The van der Waals surface area contributed by atoms with E-state index in [1.165, 1.54) is 6.07 Å². The molecule has 0 saturated heterocycles. The summed E-state index contributed by atoms with van der Waals surface area (Å²) in [5.41, 5.74) is 2.04. The fraction of sp³-hybridized carbons (Fsp3) is 0.125. The number of hydrogen-bond acceptors (Lipinski definition) is 2.